The molecule has 1 aromatic rings. The number of aliphatic hydroxyl groups excluding tert-OH is 1. The standard InChI is InChI=1S/C10H11ClO2/c11-9-4-1-3-8(7-9)10(13)5-2-6-12/h1,3-4,7,12H,2,5-6H2. The molecular formula is C10H11ClO2. The highest BCUT2D eigenvalue weighted by Gasteiger charge is 2.04. The maximum Gasteiger partial charge on any atom is 0.163 e. The van der Waals surface area contributed by atoms with Crippen LogP contribution in [0.15, 0.2) is 24.3 Å². The number of ketones is 1. The van der Waals surface area contributed by atoms with E-state index >= 15 is 0 Å². The van der Waals surface area contributed by atoms with Crippen molar-refractivity contribution in [3.05, 3.63) is 34.9 Å². The molecule has 0 aromatic heterocycles. The van der Waals surface area contributed by atoms with Crippen LogP contribution < -0.4 is 0 Å². The van der Waals surface area contributed by atoms with Gasteiger partial charge in [-0.2, -0.15) is 0 Å². The van der Waals surface area contributed by atoms with Gasteiger partial charge in [0.2, 0.25) is 0 Å². The zero-order chi connectivity index (χ0) is 9.68. The molecule has 70 valence electrons. The second-order valence-electron chi connectivity index (χ2n) is 2.76. The molecule has 0 aliphatic heterocycles. The lowest BCUT2D eigenvalue weighted by Gasteiger charge is -1.99. The van der Waals surface area contributed by atoms with Gasteiger partial charge in [0.15, 0.2) is 5.78 Å². The molecule has 1 N–H and O–H groups in total. The van der Waals surface area contributed by atoms with Crippen LogP contribution in [0.1, 0.15) is 23.2 Å². The number of hydrogen-bond donors (Lipinski definition) is 1. The summed E-state index contributed by atoms with van der Waals surface area (Å²) in [5, 5.41) is 9.10. The van der Waals surface area contributed by atoms with Gasteiger partial charge in [-0.15, -0.1) is 0 Å². The van der Waals surface area contributed by atoms with Gasteiger partial charge < -0.3 is 5.11 Å². The van der Waals surface area contributed by atoms with E-state index in [1.807, 2.05) is 0 Å². The number of carbonyl (C=O) groups excluding carboxylic acids is 1. The van der Waals surface area contributed by atoms with Gasteiger partial charge in [0, 0.05) is 23.6 Å². The molecule has 0 saturated carbocycles. The SMILES string of the molecule is O=C(CCCO)c1cccc(Cl)c1. The summed E-state index contributed by atoms with van der Waals surface area (Å²) in [6.45, 7) is 0.0479. The topological polar surface area (TPSA) is 37.3 Å². The van der Waals surface area contributed by atoms with Crippen molar-refractivity contribution in [3.63, 3.8) is 0 Å². The van der Waals surface area contributed by atoms with Gasteiger partial charge in [0.1, 0.15) is 0 Å². The molecule has 0 fully saturated rings. The Labute approximate surface area is 82.2 Å². The first-order chi connectivity index (χ1) is 6.24. The average molecular weight is 199 g/mol. The zero-order valence-corrected chi connectivity index (χ0v) is 7.92. The zero-order valence-electron chi connectivity index (χ0n) is 7.16. The Hall–Kier alpha value is -0.860. The quantitative estimate of drug-likeness (QED) is 0.754. The van der Waals surface area contributed by atoms with Crippen LogP contribution in [-0.4, -0.2) is 17.5 Å². The highest BCUT2D eigenvalue weighted by Crippen LogP contribution is 2.12. The van der Waals surface area contributed by atoms with Gasteiger partial charge in [0.25, 0.3) is 0 Å². The largest absolute Gasteiger partial charge is 0.396 e. The molecule has 2 nitrogen and oxygen atoms in total. The Morgan fingerprint density at radius 1 is 1.46 bits per heavy atom. The molecule has 0 saturated heterocycles. The summed E-state index contributed by atoms with van der Waals surface area (Å²) in [6, 6.07) is 6.84. The van der Waals surface area contributed by atoms with Crippen molar-refractivity contribution >= 4 is 17.4 Å². The summed E-state index contributed by atoms with van der Waals surface area (Å²) >= 11 is 5.72. The molecule has 1 aromatic carbocycles. The van der Waals surface area contributed by atoms with Crippen molar-refractivity contribution in [3.8, 4) is 0 Å². The normalized spacial score (nSPS) is 10.0. The molecule has 0 bridgehead atoms. The summed E-state index contributed by atoms with van der Waals surface area (Å²) in [7, 11) is 0. The molecule has 13 heavy (non-hydrogen) atoms. The van der Waals surface area contributed by atoms with Gasteiger partial charge in [0.05, 0.1) is 0 Å². The van der Waals surface area contributed by atoms with Crippen molar-refractivity contribution in [2.24, 2.45) is 0 Å². The van der Waals surface area contributed by atoms with E-state index in [0.717, 1.165) is 0 Å². The molecule has 0 atom stereocenters. The van der Waals surface area contributed by atoms with E-state index in [-0.39, 0.29) is 12.4 Å². The second kappa shape index (κ2) is 5.00. The first kappa shape index (κ1) is 10.2. The van der Waals surface area contributed by atoms with Gasteiger partial charge >= 0.3 is 0 Å². The van der Waals surface area contributed by atoms with Crippen LogP contribution >= 0.6 is 11.6 Å². The molecule has 1 rings (SSSR count). The van der Waals surface area contributed by atoms with Crippen LogP contribution in [0.5, 0.6) is 0 Å². The third kappa shape index (κ3) is 3.17. The molecule has 0 unspecified atom stereocenters. The first-order valence-corrected chi connectivity index (χ1v) is 4.51. The minimum atomic E-state index is 0.0246. The Morgan fingerprint density at radius 2 is 2.23 bits per heavy atom. The first-order valence-electron chi connectivity index (χ1n) is 4.13. The molecular weight excluding hydrogens is 188 g/mol. The highest BCUT2D eigenvalue weighted by atomic mass is 35.5. The van der Waals surface area contributed by atoms with E-state index in [9.17, 15) is 4.79 Å². The number of aliphatic hydroxyl groups is 1. The van der Waals surface area contributed by atoms with E-state index in [4.69, 9.17) is 16.7 Å². The van der Waals surface area contributed by atoms with Crippen LogP contribution in [0, 0.1) is 0 Å². The maximum absolute atomic E-state index is 11.4. The molecule has 0 aliphatic rings. The third-order valence-corrected chi connectivity index (χ3v) is 1.94. The van der Waals surface area contributed by atoms with Crippen LogP contribution in [0.3, 0.4) is 0 Å². The number of Topliss-reactive ketones (excluding diaryl/α,β-unsaturated/α-hetero) is 1. The molecule has 0 radical (unpaired) electrons. The Kier molecular flexibility index (Phi) is 3.93. The Morgan fingerprint density at radius 3 is 2.85 bits per heavy atom. The molecule has 0 amide bonds. The van der Waals surface area contributed by atoms with E-state index in [2.05, 4.69) is 0 Å². The Bertz CT molecular complexity index is 297. The van der Waals surface area contributed by atoms with E-state index < -0.39 is 0 Å². The summed E-state index contributed by atoms with van der Waals surface area (Å²) in [5.41, 5.74) is 0.612. The van der Waals surface area contributed by atoms with Gasteiger partial charge in [-0.25, -0.2) is 0 Å². The molecule has 0 spiro atoms. The maximum atomic E-state index is 11.4. The van der Waals surface area contributed by atoms with E-state index in [0.29, 0.717) is 23.4 Å². The lowest BCUT2D eigenvalue weighted by atomic mass is 10.1. The second-order valence-corrected chi connectivity index (χ2v) is 3.20. The predicted octanol–water partition coefficient (Wildman–Crippen LogP) is 2.30. The van der Waals surface area contributed by atoms with Gasteiger partial charge in [-0.05, 0) is 18.6 Å². The van der Waals surface area contributed by atoms with Crippen molar-refractivity contribution in [2.45, 2.75) is 12.8 Å². The average Bonchev–Trinajstić information content (AvgIpc) is 2.14. The predicted molar refractivity (Wildman–Crippen MR) is 52.1 cm³/mol. The Balaban J connectivity index is 2.66. The monoisotopic (exact) mass is 198 g/mol. The minimum absolute atomic E-state index is 0.0246. The lowest BCUT2D eigenvalue weighted by Crippen LogP contribution is -1.99. The lowest BCUT2D eigenvalue weighted by molar-refractivity contribution is 0.0971. The third-order valence-electron chi connectivity index (χ3n) is 1.71. The van der Waals surface area contributed by atoms with Gasteiger partial charge in [-0.3, -0.25) is 4.79 Å². The van der Waals surface area contributed by atoms with E-state index in [1.54, 1.807) is 24.3 Å². The van der Waals surface area contributed by atoms with Crippen LogP contribution in [0.2, 0.25) is 5.02 Å². The smallest absolute Gasteiger partial charge is 0.163 e. The van der Waals surface area contributed by atoms with Crippen molar-refractivity contribution < 1.29 is 9.90 Å². The van der Waals surface area contributed by atoms with Crippen molar-refractivity contribution in [1.82, 2.24) is 0 Å². The van der Waals surface area contributed by atoms with E-state index in [1.165, 1.54) is 0 Å². The molecule has 0 heterocycles. The molecule has 3 heteroatoms. The summed E-state index contributed by atoms with van der Waals surface area (Å²) in [6.07, 6.45) is 0.877. The fourth-order valence-corrected chi connectivity index (χ4v) is 1.24. The van der Waals surface area contributed by atoms with Crippen LogP contribution in [-0.2, 0) is 0 Å². The van der Waals surface area contributed by atoms with Gasteiger partial charge in [-0.1, -0.05) is 23.7 Å². The number of benzene rings is 1. The van der Waals surface area contributed by atoms with Crippen molar-refractivity contribution in [2.75, 3.05) is 6.61 Å². The fraction of sp³-hybridized carbons (Fsp3) is 0.300. The summed E-state index contributed by atoms with van der Waals surface area (Å²) in [4.78, 5) is 11.4. The minimum Gasteiger partial charge on any atom is -0.396 e. The van der Waals surface area contributed by atoms with Crippen LogP contribution in [0.25, 0.3) is 0 Å². The summed E-state index contributed by atoms with van der Waals surface area (Å²) < 4.78 is 0. The summed E-state index contributed by atoms with van der Waals surface area (Å²) in [5.74, 6) is 0.0246. The van der Waals surface area contributed by atoms with Crippen molar-refractivity contribution in [1.29, 1.82) is 0 Å². The molecule has 0 aliphatic carbocycles. The highest BCUT2D eigenvalue weighted by molar-refractivity contribution is 6.31. The fourth-order valence-electron chi connectivity index (χ4n) is 1.05. The number of carbonyl (C=O) groups is 1. The van der Waals surface area contributed by atoms with Crippen LogP contribution in [0.4, 0.5) is 0 Å². The number of hydrogen-bond acceptors (Lipinski definition) is 2. The number of rotatable bonds is 4. The number of halogens is 1.